The summed E-state index contributed by atoms with van der Waals surface area (Å²) in [6, 6.07) is 11.6. The molecule has 0 bridgehead atoms. The smallest absolute Gasteiger partial charge is 0.254 e. The van der Waals surface area contributed by atoms with E-state index in [0.717, 1.165) is 18.2 Å². The summed E-state index contributed by atoms with van der Waals surface area (Å²) in [5.74, 6) is -3.53. The molecular formula is C19H13F3N2O2. The van der Waals surface area contributed by atoms with Gasteiger partial charge in [-0.2, -0.15) is 4.73 Å². The highest BCUT2D eigenvalue weighted by Crippen LogP contribution is 2.24. The maximum atomic E-state index is 14.0. The van der Waals surface area contributed by atoms with Crippen LogP contribution in [0.2, 0.25) is 0 Å². The molecule has 0 unspecified atom stereocenters. The van der Waals surface area contributed by atoms with Gasteiger partial charge >= 0.3 is 0 Å². The number of carbonyl (C=O) groups excluding carboxylic acids is 1. The van der Waals surface area contributed by atoms with E-state index in [4.69, 9.17) is 0 Å². The van der Waals surface area contributed by atoms with E-state index in [1.807, 2.05) is 0 Å². The first-order valence-corrected chi connectivity index (χ1v) is 7.66. The summed E-state index contributed by atoms with van der Waals surface area (Å²) in [7, 11) is 0. The second-order valence-electron chi connectivity index (χ2n) is 5.52. The molecule has 2 aromatic carbocycles. The van der Waals surface area contributed by atoms with Gasteiger partial charge in [0.05, 0.1) is 5.56 Å². The van der Waals surface area contributed by atoms with Crippen molar-refractivity contribution in [1.82, 2.24) is 5.32 Å². The second-order valence-corrected chi connectivity index (χ2v) is 5.52. The first-order valence-electron chi connectivity index (χ1n) is 7.66. The Balaban J connectivity index is 1.84. The Hall–Kier alpha value is -3.35. The molecule has 3 rings (SSSR count). The number of nitrogens with one attached hydrogen (secondary N) is 1. The van der Waals surface area contributed by atoms with E-state index in [-0.39, 0.29) is 17.8 Å². The summed E-state index contributed by atoms with van der Waals surface area (Å²) in [5.41, 5.74) is 0.686. The fraction of sp³-hybridized carbons (Fsp3) is 0.0526. The third-order valence-electron chi connectivity index (χ3n) is 3.80. The van der Waals surface area contributed by atoms with Gasteiger partial charge in [0.25, 0.3) is 5.91 Å². The SMILES string of the molecule is O=C(NCc1cccc[n+]1[O-])c1cc(-c2ccc(F)c(F)c2)ccc1F. The van der Waals surface area contributed by atoms with Crippen molar-refractivity contribution < 1.29 is 22.7 Å². The number of nitrogens with zero attached hydrogens (tertiary/aromatic N) is 1. The van der Waals surface area contributed by atoms with Crippen LogP contribution < -0.4 is 10.0 Å². The maximum Gasteiger partial charge on any atom is 0.254 e. The number of hydrogen-bond acceptors (Lipinski definition) is 2. The van der Waals surface area contributed by atoms with Crippen molar-refractivity contribution in [2.75, 3.05) is 0 Å². The Kier molecular flexibility index (Phi) is 4.88. The molecule has 0 aliphatic rings. The van der Waals surface area contributed by atoms with Gasteiger partial charge in [-0.05, 0) is 41.5 Å². The van der Waals surface area contributed by atoms with Crippen molar-refractivity contribution in [1.29, 1.82) is 0 Å². The van der Waals surface area contributed by atoms with E-state index in [1.54, 1.807) is 12.1 Å². The zero-order valence-electron chi connectivity index (χ0n) is 13.4. The molecule has 0 saturated heterocycles. The number of pyridine rings is 1. The lowest BCUT2D eigenvalue weighted by molar-refractivity contribution is -0.614. The largest absolute Gasteiger partial charge is 0.618 e. The van der Waals surface area contributed by atoms with Crippen molar-refractivity contribution >= 4 is 5.91 Å². The van der Waals surface area contributed by atoms with Gasteiger partial charge in [0.1, 0.15) is 12.4 Å². The molecule has 1 heterocycles. The number of hydrogen-bond donors (Lipinski definition) is 1. The van der Waals surface area contributed by atoms with Crippen LogP contribution in [0, 0.1) is 22.7 Å². The minimum Gasteiger partial charge on any atom is -0.618 e. The molecule has 1 N–H and O–H groups in total. The van der Waals surface area contributed by atoms with Crippen molar-refractivity contribution in [2.45, 2.75) is 6.54 Å². The fourth-order valence-corrected chi connectivity index (χ4v) is 2.42. The van der Waals surface area contributed by atoms with E-state index >= 15 is 0 Å². The first-order chi connectivity index (χ1) is 12.5. The number of halogens is 3. The number of amides is 1. The van der Waals surface area contributed by atoms with E-state index < -0.39 is 23.4 Å². The lowest BCUT2D eigenvalue weighted by atomic mass is 10.0. The highest BCUT2D eigenvalue weighted by Gasteiger charge is 2.15. The Morgan fingerprint density at radius 1 is 0.923 bits per heavy atom. The van der Waals surface area contributed by atoms with Gasteiger partial charge in [-0.1, -0.05) is 12.1 Å². The van der Waals surface area contributed by atoms with Crippen LogP contribution in [0.25, 0.3) is 11.1 Å². The van der Waals surface area contributed by atoms with Gasteiger partial charge in [0.2, 0.25) is 5.69 Å². The van der Waals surface area contributed by atoms with E-state index in [1.165, 1.54) is 30.5 Å². The third-order valence-corrected chi connectivity index (χ3v) is 3.80. The lowest BCUT2D eigenvalue weighted by Crippen LogP contribution is -2.35. The molecule has 3 aromatic rings. The van der Waals surface area contributed by atoms with Crippen LogP contribution in [0.5, 0.6) is 0 Å². The van der Waals surface area contributed by atoms with E-state index in [2.05, 4.69) is 5.32 Å². The lowest BCUT2D eigenvalue weighted by Gasteiger charge is -2.09. The molecule has 1 aromatic heterocycles. The van der Waals surface area contributed by atoms with Crippen LogP contribution in [-0.2, 0) is 6.54 Å². The monoisotopic (exact) mass is 358 g/mol. The Morgan fingerprint density at radius 2 is 1.62 bits per heavy atom. The van der Waals surface area contributed by atoms with Gasteiger partial charge in [0.15, 0.2) is 17.8 Å². The summed E-state index contributed by atoms with van der Waals surface area (Å²) >= 11 is 0. The minimum absolute atomic E-state index is 0.0853. The summed E-state index contributed by atoms with van der Waals surface area (Å²) in [4.78, 5) is 12.3. The van der Waals surface area contributed by atoms with E-state index in [0.29, 0.717) is 15.9 Å². The zero-order valence-corrected chi connectivity index (χ0v) is 13.4. The molecule has 0 spiro atoms. The number of carbonyl (C=O) groups is 1. The molecule has 0 aliphatic carbocycles. The quantitative estimate of drug-likeness (QED) is 0.575. The Morgan fingerprint density at radius 3 is 2.31 bits per heavy atom. The molecule has 132 valence electrons. The topological polar surface area (TPSA) is 56.0 Å². The van der Waals surface area contributed by atoms with Crippen molar-refractivity contribution in [3.05, 3.63) is 94.7 Å². The normalized spacial score (nSPS) is 10.6. The Labute approximate surface area is 147 Å². The van der Waals surface area contributed by atoms with Crippen LogP contribution in [-0.4, -0.2) is 5.91 Å². The Bertz CT molecular complexity index is 977. The molecule has 7 heteroatoms. The predicted octanol–water partition coefficient (Wildman–Crippen LogP) is 3.33. The van der Waals surface area contributed by atoms with Crippen LogP contribution >= 0.6 is 0 Å². The fourth-order valence-electron chi connectivity index (χ4n) is 2.42. The van der Waals surface area contributed by atoms with Gasteiger partial charge in [-0.15, -0.1) is 0 Å². The summed E-state index contributed by atoms with van der Waals surface area (Å²) < 4.78 is 41.1. The van der Waals surface area contributed by atoms with Crippen molar-refractivity contribution in [3.63, 3.8) is 0 Å². The number of aromatic nitrogens is 1. The first kappa shape index (κ1) is 17.5. The standard InChI is InChI=1S/C19H13F3N2O2/c20-16-6-4-12(13-5-7-17(21)18(22)10-13)9-15(16)19(25)23-11-14-3-1-2-8-24(14)26/h1-10H,11H2,(H,23,25). The predicted molar refractivity (Wildman–Crippen MR) is 88.3 cm³/mol. The molecule has 4 nitrogen and oxygen atoms in total. The average molecular weight is 358 g/mol. The highest BCUT2D eigenvalue weighted by atomic mass is 19.2. The minimum atomic E-state index is -1.04. The second kappa shape index (κ2) is 7.26. The third kappa shape index (κ3) is 3.66. The molecule has 0 radical (unpaired) electrons. The molecule has 1 amide bonds. The maximum absolute atomic E-state index is 14.0. The summed E-state index contributed by atoms with van der Waals surface area (Å²) in [5, 5.41) is 14.0. The molecule has 0 atom stereocenters. The highest BCUT2D eigenvalue weighted by molar-refractivity contribution is 5.95. The number of rotatable bonds is 4. The molecule has 0 saturated carbocycles. The van der Waals surface area contributed by atoms with Gasteiger partial charge < -0.3 is 10.5 Å². The van der Waals surface area contributed by atoms with Crippen LogP contribution in [0.1, 0.15) is 16.1 Å². The molecule has 0 aliphatic heterocycles. The molecule has 26 heavy (non-hydrogen) atoms. The molecule has 0 fully saturated rings. The van der Waals surface area contributed by atoms with Crippen molar-refractivity contribution in [3.8, 4) is 11.1 Å². The van der Waals surface area contributed by atoms with Crippen molar-refractivity contribution in [2.24, 2.45) is 0 Å². The van der Waals surface area contributed by atoms with E-state index in [9.17, 15) is 23.2 Å². The van der Waals surface area contributed by atoms with Gasteiger partial charge in [-0.3, -0.25) is 4.79 Å². The number of benzene rings is 2. The molecular weight excluding hydrogens is 345 g/mol. The van der Waals surface area contributed by atoms with Crippen LogP contribution in [0.3, 0.4) is 0 Å². The van der Waals surface area contributed by atoms with Crippen LogP contribution in [0.4, 0.5) is 13.2 Å². The van der Waals surface area contributed by atoms with Crippen LogP contribution in [0.15, 0.2) is 60.8 Å². The summed E-state index contributed by atoms with van der Waals surface area (Å²) in [6.07, 6.45) is 1.28. The summed E-state index contributed by atoms with van der Waals surface area (Å²) in [6.45, 7) is -0.0853. The average Bonchev–Trinajstić information content (AvgIpc) is 2.63. The van der Waals surface area contributed by atoms with Gasteiger partial charge in [-0.25, -0.2) is 13.2 Å². The van der Waals surface area contributed by atoms with Gasteiger partial charge in [0, 0.05) is 12.1 Å². The zero-order chi connectivity index (χ0) is 18.7.